The third-order valence-corrected chi connectivity index (χ3v) is 3.83. The van der Waals surface area contributed by atoms with Crippen LogP contribution in [0.2, 0.25) is 0 Å². The van der Waals surface area contributed by atoms with Gasteiger partial charge in [0.15, 0.2) is 6.61 Å². The van der Waals surface area contributed by atoms with Crippen molar-refractivity contribution in [2.24, 2.45) is 0 Å². The molecule has 2 heterocycles. The van der Waals surface area contributed by atoms with E-state index in [-0.39, 0.29) is 17.8 Å². The number of hydrogen-bond donors (Lipinski definition) is 0. The van der Waals surface area contributed by atoms with Gasteiger partial charge < -0.3 is 14.5 Å². The van der Waals surface area contributed by atoms with Crippen molar-refractivity contribution in [2.45, 2.75) is 31.5 Å². The van der Waals surface area contributed by atoms with Crippen LogP contribution in [-0.4, -0.2) is 66.7 Å². The van der Waals surface area contributed by atoms with Gasteiger partial charge in [-0.15, -0.1) is 0 Å². The number of pyridine rings is 1. The molecule has 0 spiro atoms. The molecule has 8 heteroatoms. The number of likely N-dealkylation sites (tertiary alicyclic amines) is 1. The summed E-state index contributed by atoms with van der Waals surface area (Å²) in [6, 6.07) is 2.88. The SMILES string of the molecule is CN(C)CC1CCCCN1C(=O)c1ccnc(OCC(F)(F)F)c1. The Kier molecular flexibility index (Phi) is 6.04. The van der Waals surface area contributed by atoms with E-state index in [1.165, 1.54) is 18.3 Å². The van der Waals surface area contributed by atoms with Crippen LogP contribution in [0, 0.1) is 0 Å². The number of carbonyl (C=O) groups is 1. The van der Waals surface area contributed by atoms with Crippen molar-refractivity contribution in [1.82, 2.24) is 14.8 Å². The average Bonchev–Trinajstić information content (AvgIpc) is 2.52. The largest absolute Gasteiger partial charge is 0.468 e. The maximum absolute atomic E-state index is 12.7. The minimum Gasteiger partial charge on any atom is -0.468 e. The summed E-state index contributed by atoms with van der Waals surface area (Å²) in [5, 5.41) is 0. The van der Waals surface area contributed by atoms with E-state index < -0.39 is 12.8 Å². The molecule has 5 nitrogen and oxygen atoms in total. The van der Waals surface area contributed by atoms with Gasteiger partial charge in [-0.1, -0.05) is 0 Å². The number of hydrogen-bond acceptors (Lipinski definition) is 4. The third kappa shape index (κ3) is 5.36. The molecule has 2 rings (SSSR count). The molecule has 1 saturated heterocycles. The van der Waals surface area contributed by atoms with Crippen molar-refractivity contribution in [3.63, 3.8) is 0 Å². The summed E-state index contributed by atoms with van der Waals surface area (Å²) in [7, 11) is 3.90. The van der Waals surface area contributed by atoms with E-state index in [0.717, 1.165) is 25.8 Å². The van der Waals surface area contributed by atoms with Crippen LogP contribution >= 0.6 is 0 Å². The Balaban J connectivity index is 2.10. The first-order valence-electron chi connectivity index (χ1n) is 7.87. The highest BCUT2D eigenvalue weighted by atomic mass is 19.4. The van der Waals surface area contributed by atoms with E-state index in [1.54, 1.807) is 4.90 Å². The highest BCUT2D eigenvalue weighted by Crippen LogP contribution is 2.22. The molecule has 1 aliphatic rings. The maximum Gasteiger partial charge on any atom is 0.422 e. The molecule has 1 aliphatic heterocycles. The van der Waals surface area contributed by atoms with Crippen molar-refractivity contribution < 1.29 is 22.7 Å². The molecule has 1 aromatic heterocycles. The van der Waals surface area contributed by atoms with E-state index in [0.29, 0.717) is 12.1 Å². The molecule has 1 fully saturated rings. The van der Waals surface area contributed by atoms with Gasteiger partial charge in [-0.25, -0.2) is 4.98 Å². The zero-order chi connectivity index (χ0) is 17.7. The van der Waals surface area contributed by atoms with Gasteiger partial charge in [-0.3, -0.25) is 4.79 Å². The van der Waals surface area contributed by atoms with Gasteiger partial charge in [0.25, 0.3) is 5.91 Å². The number of halogens is 3. The van der Waals surface area contributed by atoms with Gasteiger partial charge >= 0.3 is 6.18 Å². The van der Waals surface area contributed by atoms with Gasteiger partial charge in [-0.2, -0.15) is 13.2 Å². The van der Waals surface area contributed by atoms with E-state index in [1.807, 2.05) is 19.0 Å². The summed E-state index contributed by atoms with van der Waals surface area (Å²) < 4.78 is 41.3. The summed E-state index contributed by atoms with van der Waals surface area (Å²) in [6.07, 6.45) is -0.224. The summed E-state index contributed by atoms with van der Waals surface area (Å²) >= 11 is 0. The molecule has 134 valence electrons. The first-order chi connectivity index (χ1) is 11.3. The summed E-state index contributed by atoms with van der Waals surface area (Å²) in [5.74, 6) is -0.389. The minimum atomic E-state index is -4.44. The number of amides is 1. The molecule has 1 atom stereocenters. The number of likely N-dealkylation sites (N-methyl/N-ethyl adjacent to an activating group) is 1. The second-order valence-corrected chi connectivity index (χ2v) is 6.20. The molecule has 0 N–H and O–H groups in total. The maximum atomic E-state index is 12.7. The Morgan fingerprint density at radius 3 is 2.83 bits per heavy atom. The summed E-state index contributed by atoms with van der Waals surface area (Å²) in [5.41, 5.74) is 0.299. The van der Waals surface area contributed by atoms with E-state index in [2.05, 4.69) is 9.72 Å². The Morgan fingerprint density at radius 1 is 1.42 bits per heavy atom. The van der Waals surface area contributed by atoms with Crippen LogP contribution in [-0.2, 0) is 0 Å². The first kappa shape index (κ1) is 18.5. The van der Waals surface area contributed by atoms with Crippen LogP contribution < -0.4 is 4.74 Å². The zero-order valence-electron chi connectivity index (χ0n) is 13.8. The quantitative estimate of drug-likeness (QED) is 0.823. The minimum absolute atomic E-state index is 0.106. The van der Waals surface area contributed by atoms with Crippen LogP contribution in [0.1, 0.15) is 29.6 Å². The Bertz CT molecular complexity index is 564. The molecule has 0 radical (unpaired) electrons. The normalized spacial score (nSPS) is 18.8. The molecule has 0 aliphatic carbocycles. The summed E-state index contributed by atoms with van der Waals surface area (Å²) in [6.45, 7) is -0.0166. The fourth-order valence-electron chi connectivity index (χ4n) is 2.82. The molecule has 1 aromatic rings. The predicted octanol–water partition coefficient (Wildman–Crippen LogP) is 2.58. The summed E-state index contributed by atoms with van der Waals surface area (Å²) in [4.78, 5) is 20.3. The van der Waals surface area contributed by atoms with Gasteiger partial charge in [0.05, 0.1) is 0 Å². The standard InChI is InChI=1S/C16H22F3N3O2/c1-21(2)10-13-5-3-4-8-22(13)15(23)12-6-7-20-14(9-12)24-11-16(17,18)19/h6-7,9,13H,3-5,8,10-11H2,1-2H3. The Labute approximate surface area is 139 Å². The number of rotatable bonds is 5. The molecular formula is C16H22F3N3O2. The lowest BCUT2D eigenvalue weighted by Gasteiger charge is -2.37. The lowest BCUT2D eigenvalue weighted by atomic mass is 10.0. The topological polar surface area (TPSA) is 45.7 Å². The Morgan fingerprint density at radius 2 is 2.17 bits per heavy atom. The highest BCUT2D eigenvalue weighted by molar-refractivity contribution is 5.94. The van der Waals surface area contributed by atoms with Crippen LogP contribution in [0.5, 0.6) is 5.88 Å². The van der Waals surface area contributed by atoms with Gasteiger partial charge in [0, 0.05) is 37.0 Å². The first-order valence-corrected chi connectivity index (χ1v) is 7.87. The molecule has 0 aromatic carbocycles. The Hall–Kier alpha value is -1.83. The molecular weight excluding hydrogens is 323 g/mol. The van der Waals surface area contributed by atoms with Crippen LogP contribution in [0.4, 0.5) is 13.2 Å². The predicted molar refractivity (Wildman–Crippen MR) is 83.0 cm³/mol. The molecule has 24 heavy (non-hydrogen) atoms. The van der Waals surface area contributed by atoms with Crippen molar-refractivity contribution in [1.29, 1.82) is 0 Å². The monoisotopic (exact) mass is 345 g/mol. The van der Waals surface area contributed by atoms with Crippen molar-refractivity contribution in [3.05, 3.63) is 23.9 Å². The van der Waals surface area contributed by atoms with Crippen molar-refractivity contribution in [2.75, 3.05) is 33.8 Å². The van der Waals surface area contributed by atoms with E-state index >= 15 is 0 Å². The lowest BCUT2D eigenvalue weighted by Crippen LogP contribution is -2.48. The van der Waals surface area contributed by atoms with E-state index in [9.17, 15) is 18.0 Å². The van der Waals surface area contributed by atoms with Crippen molar-refractivity contribution >= 4 is 5.91 Å². The zero-order valence-corrected chi connectivity index (χ0v) is 13.8. The fourth-order valence-corrected chi connectivity index (χ4v) is 2.82. The molecule has 1 amide bonds. The van der Waals surface area contributed by atoms with E-state index in [4.69, 9.17) is 0 Å². The van der Waals surface area contributed by atoms with Gasteiger partial charge in [0.1, 0.15) is 0 Å². The number of piperidine rings is 1. The lowest BCUT2D eigenvalue weighted by molar-refractivity contribution is -0.154. The average molecular weight is 345 g/mol. The smallest absolute Gasteiger partial charge is 0.422 e. The van der Waals surface area contributed by atoms with Gasteiger partial charge in [0.2, 0.25) is 5.88 Å². The van der Waals surface area contributed by atoms with Crippen molar-refractivity contribution in [3.8, 4) is 5.88 Å². The molecule has 0 saturated carbocycles. The highest BCUT2D eigenvalue weighted by Gasteiger charge is 2.30. The number of carbonyl (C=O) groups excluding carboxylic acids is 1. The number of ether oxygens (including phenoxy) is 1. The van der Waals surface area contributed by atoms with Crippen LogP contribution in [0.3, 0.4) is 0 Å². The number of aromatic nitrogens is 1. The molecule has 0 bridgehead atoms. The van der Waals surface area contributed by atoms with Crippen LogP contribution in [0.25, 0.3) is 0 Å². The fraction of sp³-hybridized carbons (Fsp3) is 0.625. The molecule has 1 unspecified atom stereocenters. The van der Waals surface area contributed by atoms with Crippen LogP contribution in [0.15, 0.2) is 18.3 Å². The second kappa shape index (κ2) is 7.83. The second-order valence-electron chi connectivity index (χ2n) is 6.20. The third-order valence-electron chi connectivity index (χ3n) is 3.83. The van der Waals surface area contributed by atoms with Gasteiger partial charge in [-0.05, 0) is 39.4 Å². The number of nitrogens with zero attached hydrogens (tertiary/aromatic N) is 3. The number of alkyl halides is 3.